The van der Waals surface area contributed by atoms with Gasteiger partial charge < -0.3 is 20.2 Å². The van der Waals surface area contributed by atoms with Crippen LogP contribution in [0.1, 0.15) is 16.1 Å². The fourth-order valence-corrected chi connectivity index (χ4v) is 4.96. The lowest BCUT2D eigenvalue weighted by atomic mass is 9.85. The fraction of sp³-hybridized carbons (Fsp3) is 0.0741. The fourth-order valence-electron chi connectivity index (χ4n) is 4.96. The Balaban J connectivity index is 1.42. The van der Waals surface area contributed by atoms with E-state index >= 15 is 0 Å². The summed E-state index contributed by atoms with van der Waals surface area (Å²) in [4.78, 5) is 37.1. The smallest absolute Gasteiger partial charge is 0.264 e. The van der Waals surface area contributed by atoms with E-state index in [2.05, 4.69) is 9.97 Å². The van der Waals surface area contributed by atoms with Crippen LogP contribution in [0.15, 0.2) is 79.0 Å². The third kappa shape index (κ3) is 2.62. The van der Waals surface area contributed by atoms with E-state index in [0.29, 0.717) is 28.4 Å². The zero-order chi connectivity index (χ0) is 23.7. The molecule has 4 heterocycles. The van der Waals surface area contributed by atoms with Crippen molar-refractivity contribution >= 4 is 44.9 Å². The SMILES string of the molecule is NC1(C(=O)c2cc3c(cn2)[nH]c2ccccc23)C(=O)N(c2ccccc2)c2cc3c(cc21)OCO3. The number of fused-ring (bicyclic) bond motifs is 5. The minimum absolute atomic E-state index is 0.0574. The number of nitrogens with one attached hydrogen (secondary N) is 1. The van der Waals surface area contributed by atoms with E-state index < -0.39 is 17.2 Å². The van der Waals surface area contributed by atoms with Crippen LogP contribution in [-0.4, -0.2) is 28.5 Å². The van der Waals surface area contributed by atoms with Gasteiger partial charge in [-0.15, -0.1) is 0 Å². The van der Waals surface area contributed by atoms with E-state index in [1.807, 2.05) is 42.5 Å². The first-order chi connectivity index (χ1) is 17.1. The predicted octanol–water partition coefficient (Wildman–Crippen LogP) is 4.16. The Hall–Kier alpha value is -4.69. The van der Waals surface area contributed by atoms with Crippen LogP contribution in [0.4, 0.5) is 11.4 Å². The molecule has 170 valence electrons. The highest BCUT2D eigenvalue weighted by Crippen LogP contribution is 2.50. The number of aromatic amines is 1. The lowest BCUT2D eigenvalue weighted by Gasteiger charge is -2.23. The van der Waals surface area contributed by atoms with Gasteiger partial charge in [0.1, 0.15) is 5.69 Å². The summed E-state index contributed by atoms with van der Waals surface area (Å²) in [6.45, 7) is 0.0574. The number of benzene rings is 3. The van der Waals surface area contributed by atoms with Gasteiger partial charge in [0.2, 0.25) is 12.6 Å². The minimum Gasteiger partial charge on any atom is -0.454 e. The Labute approximate surface area is 198 Å². The largest absolute Gasteiger partial charge is 0.454 e. The molecular weight excluding hydrogens is 444 g/mol. The number of nitrogens with zero attached hydrogens (tertiary/aromatic N) is 2. The van der Waals surface area contributed by atoms with E-state index in [9.17, 15) is 9.59 Å². The summed E-state index contributed by atoms with van der Waals surface area (Å²) >= 11 is 0. The molecule has 0 fully saturated rings. The molecule has 1 atom stereocenters. The van der Waals surface area contributed by atoms with Crippen molar-refractivity contribution in [3.05, 3.63) is 90.3 Å². The highest BCUT2D eigenvalue weighted by Gasteiger charge is 2.55. The molecule has 0 spiro atoms. The summed E-state index contributed by atoms with van der Waals surface area (Å²) in [5.74, 6) is -0.219. The number of carbonyl (C=O) groups is 2. The van der Waals surface area contributed by atoms with Gasteiger partial charge in [-0.3, -0.25) is 19.5 Å². The molecule has 7 rings (SSSR count). The summed E-state index contributed by atoms with van der Waals surface area (Å²) in [7, 11) is 0. The molecule has 35 heavy (non-hydrogen) atoms. The van der Waals surface area contributed by atoms with Crippen LogP contribution in [-0.2, 0) is 10.3 Å². The monoisotopic (exact) mass is 462 g/mol. The van der Waals surface area contributed by atoms with Crippen molar-refractivity contribution in [3.8, 4) is 11.5 Å². The molecule has 1 unspecified atom stereocenters. The first-order valence-corrected chi connectivity index (χ1v) is 11.1. The van der Waals surface area contributed by atoms with E-state index in [4.69, 9.17) is 15.2 Å². The third-order valence-corrected chi connectivity index (χ3v) is 6.69. The van der Waals surface area contributed by atoms with Crippen molar-refractivity contribution in [1.29, 1.82) is 0 Å². The Bertz CT molecular complexity index is 1690. The number of hydrogen-bond donors (Lipinski definition) is 2. The summed E-state index contributed by atoms with van der Waals surface area (Å²) in [5.41, 5.74) is 8.03. The summed E-state index contributed by atoms with van der Waals surface area (Å²) in [5, 5.41) is 1.79. The zero-order valence-electron chi connectivity index (χ0n) is 18.3. The van der Waals surface area contributed by atoms with Gasteiger partial charge in [-0.25, -0.2) is 0 Å². The van der Waals surface area contributed by atoms with E-state index in [1.165, 1.54) is 4.90 Å². The van der Waals surface area contributed by atoms with Crippen molar-refractivity contribution in [2.24, 2.45) is 5.73 Å². The number of carbonyl (C=O) groups excluding carboxylic acids is 2. The van der Waals surface area contributed by atoms with Crippen LogP contribution in [0.2, 0.25) is 0 Å². The van der Waals surface area contributed by atoms with Crippen molar-refractivity contribution in [2.75, 3.05) is 11.7 Å². The Morgan fingerprint density at radius 2 is 1.69 bits per heavy atom. The molecule has 8 heteroatoms. The average Bonchev–Trinajstić information content (AvgIpc) is 3.56. The molecule has 8 nitrogen and oxygen atoms in total. The van der Waals surface area contributed by atoms with Crippen molar-refractivity contribution in [2.45, 2.75) is 5.54 Å². The standard InChI is InChI=1S/C27H18N4O4/c28-27(25(32)20-10-17-16-8-4-5-9-19(16)30-21(17)13-29-20)18-11-23-24(35-14-34-23)12-22(18)31(26(27)33)15-6-2-1-3-7-15/h1-13,30H,14,28H2. The quantitative estimate of drug-likeness (QED) is 0.308. The van der Waals surface area contributed by atoms with Crippen LogP contribution >= 0.6 is 0 Å². The second kappa shape index (κ2) is 6.91. The maximum Gasteiger partial charge on any atom is 0.264 e. The van der Waals surface area contributed by atoms with Crippen LogP contribution in [0.5, 0.6) is 11.5 Å². The first-order valence-electron chi connectivity index (χ1n) is 11.1. The number of ketones is 1. The topological polar surface area (TPSA) is 111 Å². The lowest BCUT2D eigenvalue weighted by Crippen LogP contribution is -2.52. The minimum atomic E-state index is -1.99. The van der Waals surface area contributed by atoms with Crippen molar-refractivity contribution in [3.63, 3.8) is 0 Å². The predicted molar refractivity (Wildman–Crippen MR) is 130 cm³/mol. The van der Waals surface area contributed by atoms with Gasteiger partial charge in [-0.1, -0.05) is 36.4 Å². The van der Waals surface area contributed by atoms with Gasteiger partial charge in [0.05, 0.1) is 17.4 Å². The molecule has 2 aliphatic rings. The Morgan fingerprint density at radius 3 is 2.51 bits per heavy atom. The maximum absolute atomic E-state index is 14.0. The Kier molecular flexibility index (Phi) is 3.90. The summed E-state index contributed by atoms with van der Waals surface area (Å²) < 4.78 is 11.1. The second-order valence-corrected chi connectivity index (χ2v) is 8.62. The normalized spacial score (nSPS) is 18.4. The van der Waals surface area contributed by atoms with Crippen LogP contribution in [0, 0.1) is 0 Å². The van der Waals surface area contributed by atoms with E-state index in [1.54, 1.807) is 36.5 Å². The lowest BCUT2D eigenvalue weighted by molar-refractivity contribution is -0.120. The molecule has 2 aliphatic heterocycles. The molecular formula is C27H18N4O4. The summed E-state index contributed by atoms with van der Waals surface area (Å²) in [6.07, 6.45) is 1.60. The van der Waals surface area contributed by atoms with Crippen LogP contribution < -0.4 is 20.1 Å². The van der Waals surface area contributed by atoms with Gasteiger partial charge in [0.25, 0.3) is 5.91 Å². The number of hydrogen-bond acceptors (Lipinski definition) is 6. The van der Waals surface area contributed by atoms with Crippen LogP contribution in [0.25, 0.3) is 21.8 Å². The maximum atomic E-state index is 14.0. The van der Waals surface area contributed by atoms with Crippen LogP contribution in [0.3, 0.4) is 0 Å². The molecule has 0 bridgehead atoms. The molecule has 1 amide bonds. The number of anilines is 2. The number of nitrogens with two attached hydrogens (primary N) is 1. The number of rotatable bonds is 3. The van der Waals surface area contributed by atoms with Crippen molar-refractivity contribution < 1.29 is 19.1 Å². The molecule has 3 aromatic carbocycles. The number of aromatic nitrogens is 2. The zero-order valence-corrected chi connectivity index (χ0v) is 18.3. The molecule has 0 radical (unpaired) electrons. The molecule has 2 aromatic heterocycles. The molecule has 0 saturated heterocycles. The third-order valence-electron chi connectivity index (χ3n) is 6.69. The number of H-pyrrole nitrogens is 1. The molecule has 0 aliphatic carbocycles. The van der Waals surface area contributed by atoms with Gasteiger partial charge in [-0.2, -0.15) is 0 Å². The number of Topliss-reactive ketones (excluding diaryl/α,β-unsaturated/α-hetero) is 1. The molecule has 3 N–H and O–H groups in total. The van der Waals surface area contributed by atoms with Gasteiger partial charge in [-0.05, 0) is 30.3 Å². The number of pyridine rings is 1. The van der Waals surface area contributed by atoms with Crippen molar-refractivity contribution in [1.82, 2.24) is 9.97 Å². The van der Waals surface area contributed by atoms with E-state index in [0.717, 1.165) is 21.8 Å². The van der Waals surface area contributed by atoms with Gasteiger partial charge >= 0.3 is 0 Å². The highest BCUT2D eigenvalue weighted by molar-refractivity contribution is 6.28. The second-order valence-electron chi connectivity index (χ2n) is 8.62. The Morgan fingerprint density at radius 1 is 0.943 bits per heavy atom. The molecule has 5 aromatic rings. The average molecular weight is 462 g/mol. The summed E-state index contributed by atoms with van der Waals surface area (Å²) in [6, 6.07) is 21.9. The number of para-hydroxylation sites is 2. The highest BCUT2D eigenvalue weighted by atomic mass is 16.7. The van der Waals surface area contributed by atoms with Gasteiger partial charge in [0.15, 0.2) is 17.0 Å². The molecule has 0 saturated carbocycles. The number of ether oxygens (including phenoxy) is 2. The first kappa shape index (κ1) is 19.7. The van der Waals surface area contributed by atoms with Gasteiger partial charge in [0, 0.05) is 33.6 Å². The number of amides is 1. The van der Waals surface area contributed by atoms with E-state index in [-0.39, 0.29) is 12.5 Å².